The number of fused-ring (bicyclic) bond motifs is 1. The fourth-order valence-corrected chi connectivity index (χ4v) is 1.03. The van der Waals surface area contributed by atoms with Crippen molar-refractivity contribution in [2.75, 3.05) is 0 Å². The van der Waals surface area contributed by atoms with E-state index in [2.05, 4.69) is 29.3 Å². The first-order valence-corrected chi connectivity index (χ1v) is 4.66. The minimum Gasteiger partial charge on any atom is -0.204 e. The van der Waals surface area contributed by atoms with E-state index >= 15 is 0 Å². The average Bonchev–Trinajstić information content (AvgIpc) is 2.62. The molecular formula is C10H14FN3. The topological polar surface area (TPSA) is 41.6 Å². The fourth-order valence-electron chi connectivity index (χ4n) is 1.03. The fraction of sp³-hybridized carbons (Fsp3) is 0.400. The Bertz CT molecular complexity index is 373. The van der Waals surface area contributed by atoms with Gasteiger partial charge in [-0.3, -0.25) is 0 Å². The Kier molecular flexibility index (Phi) is 3.56. The summed E-state index contributed by atoms with van der Waals surface area (Å²) in [5.41, 5.74) is 1.84. The van der Waals surface area contributed by atoms with E-state index in [0.29, 0.717) is 11.0 Å². The van der Waals surface area contributed by atoms with Crippen LogP contribution in [0.4, 0.5) is 4.39 Å². The maximum Gasteiger partial charge on any atom is 0.153 e. The first kappa shape index (κ1) is 10.6. The van der Waals surface area contributed by atoms with Gasteiger partial charge in [-0.2, -0.15) is 15.4 Å². The minimum absolute atomic E-state index is 0.310. The number of benzene rings is 1. The number of aromatic amines is 1. The van der Waals surface area contributed by atoms with Gasteiger partial charge in [0, 0.05) is 0 Å². The first-order valence-electron chi connectivity index (χ1n) is 4.66. The van der Waals surface area contributed by atoms with Crippen molar-refractivity contribution in [1.29, 1.82) is 0 Å². The van der Waals surface area contributed by atoms with Gasteiger partial charge in [-0.1, -0.05) is 26.3 Å². The molecule has 0 aliphatic rings. The van der Waals surface area contributed by atoms with E-state index in [9.17, 15) is 4.39 Å². The minimum atomic E-state index is -0.334. The van der Waals surface area contributed by atoms with Gasteiger partial charge in [0.25, 0.3) is 0 Å². The molecular weight excluding hydrogens is 181 g/mol. The molecule has 0 unspecified atom stereocenters. The molecule has 0 aliphatic heterocycles. The number of hydrogen-bond acceptors (Lipinski definition) is 2. The quantitative estimate of drug-likeness (QED) is 0.702. The Labute approximate surface area is 82.3 Å². The van der Waals surface area contributed by atoms with Crippen molar-refractivity contribution in [3.05, 3.63) is 23.5 Å². The monoisotopic (exact) mass is 195 g/mol. The number of nitrogens with one attached hydrogen (secondary N) is 1. The molecule has 0 bridgehead atoms. The summed E-state index contributed by atoms with van der Waals surface area (Å²) in [6.45, 7) is 6.12. The van der Waals surface area contributed by atoms with Crippen molar-refractivity contribution in [1.82, 2.24) is 15.4 Å². The third-order valence-corrected chi connectivity index (χ3v) is 1.63. The van der Waals surface area contributed by atoms with Gasteiger partial charge in [0.1, 0.15) is 11.0 Å². The number of aryl methyl sites for hydroxylation is 1. The van der Waals surface area contributed by atoms with Crippen molar-refractivity contribution in [3.8, 4) is 0 Å². The second-order valence-corrected chi connectivity index (χ2v) is 3.09. The van der Waals surface area contributed by atoms with Crippen molar-refractivity contribution in [3.63, 3.8) is 0 Å². The van der Waals surface area contributed by atoms with E-state index in [0.717, 1.165) is 5.56 Å². The van der Waals surface area contributed by atoms with Gasteiger partial charge in [0.15, 0.2) is 5.82 Å². The lowest BCUT2D eigenvalue weighted by Gasteiger charge is -1.91. The summed E-state index contributed by atoms with van der Waals surface area (Å²) in [6, 6.07) is 3.07. The Balaban J connectivity index is 0.000000293. The molecule has 0 spiro atoms. The van der Waals surface area contributed by atoms with Crippen LogP contribution in [0.1, 0.15) is 25.8 Å². The number of halogens is 1. The highest BCUT2D eigenvalue weighted by Gasteiger charge is 2.05. The molecule has 0 amide bonds. The lowest BCUT2D eigenvalue weighted by molar-refractivity contribution is 0.636. The highest BCUT2D eigenvalue weighted by Crippen LogP contribution is 2.15. The van der Waals surface area contributed by atoms with Gasteiger partial charge < -0.3 is 0 Å². The zero-order chi connectivity index (χ0) is 10.6. The molecule has 1 heterocycles. The Morgan fingerprint density at radius 3 is 2.36 bits per heavy atom. The van der Waals surface area contributed by atoms with Gasteiger partial charge >= 0.3 is 0 Å². The standard InChI is InChI=1S/C7H6FN3.C3H8/c1-4-2-3-5(8)7-6(4)9-11-10-7;1-3-2/h2-3H,1H3,(H,9,10,11);3H2,1-2H3. The lowest BCUT2D eigenvalue weighted by atomic mass is 10.2. The average molecular weight is 195 g/mol. The molecule has 2 aromatic rings. The molecule has 1 N–H and O–H groups in total. The van der Waals surface area contributed by atoms with Crippen molar-refractivity contribution in [2.45, 2.75) is 27.2 Å². The maximum absolute atomic E-state index is 12.9. The summed E-state index contributed by atoms with van der Waals surface area (Å²) in [7, 11) is 0. The van der Waals surface area contributed by atoms with Crippen molar-refractivity contribution < 1.29 is 4.39 Å². The second kappa shape index (κ2) is 4.69. The number of aromatic nitrogens is 3. The summed E-state index contributed by atoms with van der Waals surface area (Å²) in [5, 5.41) is 9.85. The first-order chi connectivity index (χ1) is 6.70. The van der Waals surface area contributed by atoms with Crippen molar-refractivity contribution in [2.24, 2.45) is 0 Å². The van der Waals surface area contributed by atoms with Gasteiger partial charge in [-0.25, -0.2) is 4.39 Å². The Hall–Kier alpha value is -1.45. The molecule has 0 atom stereocenters. The van der Waals surface area contributed by atoms with E-state index in [1.165, 1.54) is 12.5 Å². The van der Waals surface area contributed by atoms with Crippen LogP contribution in [-0.4, -0.2) is 15.4 Å². The number of H-pyrrole nitrogens is 1. The van der Waals surface area contributed by atoms with E-state index in [1.807, 2.05) is 6.92 Å². The predicted octanol–water partition coefficient (Wildman–Crippen LogP) is 2.82. The molecule has 2 rings (SSSR count). The zero-order valence-electron chi connectivity index (χ0n) is 8.63. The number of rotatable bonds is 0. The molecule has 1 aromatic carbocycles. The van der Waals surface area contributed by atoms with E-state index in [4.69, 9.17) is 0 Å². The van der Waals surface area contributed by atoms with Crippen LogP contribution in [-0.2, 0) is 0 Å². The lowest BCUT2D eigenvalue weighted by Crippen LogP contribution is -1.80. The van der Waals surface area contributed by atoms with Crippen LogP contribution in [0, 0.1) is 12.7 Å². The van der Waals surface area contributed by atoms with Gasteiger partial charge in [-0.15, -0.1) is 0 Å². The molecule has 0 aliphatic carbocycles. The molecule has 0 fully saturated rings. The maximum atomic E-state index is 12.9. The molecule has 14 heavy (non-hydrogen) atoms. The second-order valence-electron chi connectivity index (χ2n) is 3.09. The third kappa shape index (κ3) is 2.07. The molecule has 76 valence electrons. The van der Waals surface area contributed by atoms with E-state index in [-0.39, 0.29) is 5.82 Å². The Morgan fingerprint density at radius 2 is 1.79 bits per heavy atom. The summed E-state index contributed by atoms with van der Waals surface area (Å²) < 4.78 is 12.9. The largest absolute Gasteiger partial charge is 0.204 e. The number of hydrogen-bond donors (Lipinski definition) is 1. The van der Waals surface area contributed by atoms with Crippen LogP contribution >= 0.6 is 0 Å². The van der Waals surface area contributed by atoms with Crippen molar-refractivity contribution >= 4 is 11.0 Å². The molecule has 4 heteroatoms. The predicted molar refractivity (Wildman–Crippen MR) is 54.5 cm³/mol. The van der Waals surface area contributed by atoms with E-state index < -0.39 is 0 Å². The van der Waals surface area contributed by atoms with Gasteiger partial charge in [-0.05, 0) is 18.6 Å². The zero-order valence-corrected chi connectivity index (χ0v) is 8.63. The molecule has 0 saturated heterocycles. The highest BCUT2D eigenvalue weighted by atomic mass is 19.1. The van der Waals surface area contributed by atoms with Crippen LogP contribution in [0.5, 0.6) is 0 Å². The smallest absolute Gasteiger partial charge is 0.153 e. The normalized spacial score (nSPS) is 9.71. The summed E-state index contributed by atoms with van der Waals surface area (Å²) in [6.07, 6.45) is 1.25. The van der Waals surface area contributed by atoms with Crippen LogP contribution in [0.25, 0.3) is 11.0 Å². The summed E-state index contributed by atoms with van der Waals surface area (Å²) in [4.78, 5) is 0. The SMILES string of the molecule is CCC.Cc1ccc(F)c2n[nH]nc12. The van der Waals surface area contributed by atoms with Crippen LogP contribution in [0.3, 0.4) is 0 Å². The molecule has 0 saturated carbocycles. The molecule has 3 nitrogen and oxygen atoms in total. The van der Waals surface area contributed by atoms with E-state index in [1.54, 1.807) is 6.07 Å². The highest BCUT2D eigenvalue weighted by molar-refractivity contribution is 5.77. The van der Waals surface area contributed by atoms with Crippen LogP contribution < -0.4 is 0 Å². The van der Waals surface area contributed by atoms with Gasteiger partial charge in [0.05, 0.1) is 0 Å². The van der Waals surface area contributed by atoms with Crippen LogP contribution in [0.2, 0.25) is 0 Å². The number of nitrogens with zero attached hydrogens (tertiary/aromatic N) is 2. The molecule has 1 aromatic heterocycles. The summed E-state index contributed by atoms with van der Waals surface area (Å²) in [5.74, 6) is -0.334. The molecule has 0 radical (unpaired) electrons. The van der Waals surface area contributed by atoms with Gasteiger partial charge in [0.2, 0.25) is 0 Å². The Morgan fingerprint density at radius 1 is 1.21 bits per heavy atom. The van der Waals surface area contributed by atoms with Crippen LogP contribution in [0.15, 0.2) is 12.1 Å². The summed E-state index contributed by atoms with van der Waals surface area (Å²) >= 11 is 0. The third-order valence-electron chi connectivity index (χ3n) is 1.63.